The number of alkyl halides is 3. The van der Waals surface area contributed by atoms with Crippen LogP contribution in [0.3, 0.4) is 0 Å². The Bertz CT molecular complexity index is 1080. The molecule has 0 atom stereocenters. The van der Waals surface area contributed by atoms with Crippen LogP contribution in [0.2, 0.25) is 0 Å². The average molecular weight is 469 g/mol. The number of nitrogens with one attached hydrogen (secondary N) is 1. The van der Waals surface area contributed by atoms with Gasteiger partial charge in [0, 0.05) is 6.54 Å². The normalized spacial score (nSPS) is 11.8. The second-order valence-electron chi connectivity index (χ2n) is 7.36. The van der Waals surface area contributed by atoms with Gasteiger partial charge in [0.25, 0.3) is 5.91 Å². The van der Waals surface area contributed by atoms with Crippen molar-refractivity contribution < 1.29 is 22.7 Å². The summed E-state index contributed by atoms with van der Waals surface area (Å²) < 4.78 is 46.8. The SMILES string of the molecule is Cc1nnsc1-c1c(C(=O)NCCCN(C)C)c(C)nn1-c1ccc(OC(F)(F)F)cc1. The summed E-state index contributed by atoms with van der Waals surface area (Å²) in [5, 5.41) is 11.4. The lowest BCUT2D eigenvalue weighted by atomic mass is 10.1. The van der Waals surface area contributed by atoms with E-state index in [0.29, 0.717) is 39.8 Å². The first-order chi connectivity index (χ1) is 15.1. The lowest BCUT2D eigenvalue weighted by Gasteiger charge is -2.12. The van der Waals surface area contributed by atoms with Crippen LogP contribution in [-0.4, -0.2) is 63.7 Å². The summed E-state index contributed by atoms with van der Waals surface area (Å²) in [5.41, 5.74) is 2.43. The zero-order valence-electron chi connectivity index (χ0n) is 18.0. The summed E-state index contributed by atoms with van der Waals surface area (Å²) in [4.78, 5) is 15.7. The van der Waals surface area contributed by atoms with Gasteiger partial charge in [-0.2, -0.15) is 5.10 Å². The topological polar surface area (TPSA) is 85.2 Å². The van der Waals surface area contributed by atoms with Crippen LogP contribution < -0.4 is 10.1 Å². The molecule has 0 radical (unpaired) electrons. The lowest BCUT2D eigenvalue weighted by Crippen LogP contribution is -2.27. The van der Waals surface area contributed by atoms with Crippen LogP contribution >= 0.6 is 11.5 Å². The monoisotopic (exact) mass is 468 g/mol. The fourth-order valence-electron chi connectivity index (χ4n) is 3.12. The van der Waals surface area contributed by atoms with E-state index in [1.165, 1.54) is 28.9 Å². The fourth-order valence-corrected chi connectivity index (χ4v) is 3.81. The number of carbonyl (C=O) groups is 1. The van der Waals surface area contributed by atoms with Gasteiger partial charge in [-0.05, 0) is 76.7 Å². The number of amides is 1. The zero-order chi connectivity index (χ0) is 23.5. The number of halogens is 3. The van der Waals surface area contributed by atoms with E-state index in [-0.39, 0.29) is 11.7 Å². The lowest BCUT2D eigenvalue weighted by molar-refractivity contribution is -0.274. The third-order valence-electron chi connectivity index (χ3n) is 4.54. The highest BCUT2D eigenvalue weighted by atomic mass is 32.1. The molecule has 12 heteroatoms. The first-order valence-electron chi connectivity index (χ1n) is 9.75. The molecule has 0 bridgehead atoms. The van der Waals surface area contributed by atoms with E-state index in [1.807, 2.05) is 19.0 Å². The van der Waals surface area contributed by atoms with Crippen molar-refractivity contribution in [2.75, 3.05) is 27.2 Å². The molecular formula is C20H23F3N6O2S. The Morgan fingerprint density at radius 3 is 2.44 bits per heavy atom. The number of aromatic nitrogens is 4. The molecule has 3 rings (SSSR count). The van der Waals surface area contributed by atoms with Crippen molar-refractivity contribution in [1.29, 1.82) is 0 Å². The predicted molar refractivity (Wildman–Crippen MR) is 114 cm³/mol. The highest BCUT2D eigenvalue weighted by Gasteiger charge is 2.31. The summed E-state index contributed by atoms with van der Waals surface area (Å²) in [5.74, 6) is -0.631. The number of rotatable bonds is 8. The quantitative estimate of drug-likeness (QED) is 0.509. The van der Waals surface area contributed by atoms with Crippen molar-refractivity contribution in [2.24, 2.45) is 0 Å². The summed E-state index contributed by atoms with van der Waals surface area (Å²) in [6.07, 6.45) is -4.00. The van der Waals surface area contributed by atoms with E-state index in [4.69, 9.17) is 0 Å². The standard InChI is InChI=1S/C20H23F3N6O2S/c1-12-16(19(30)24-10-5-11-28(3)4)17(18-13(2)25-27-32-18)29(26-12)14-6-8-15(9-7-14)31-20(21,22)23/h6-9H,5,10-11H2,1-4H3,(H,24,30). The summed E-state index contributed by atoms with van der Waals surface area (Å²) >= 11 is 1.12. The van der Waals surface area contributed by atoms with E-state index in [1.54, 1.807) is 13.8 Å². The molecule has 3 aromatic rings. The number of aryl methyl sites for hydroxylation is 2. The Morgan fingerprint density at radius 1 is 1.19 bits per heavy atom. The summed E-state index contributed by atoms with van der Waals surface area (Å²) in [6, 6.07) is 5.28. The molecule has 0 aliphatic rings. The van der Waals surface area contributed by atoms with Gasteiger partial charge in [0.1, 0.15) is 11.4 Å². The highest BCUT2D eigenvalue weighted by Crippen LogP contribution is 2.33. The number of nitrogens with zero attached hydrogens (tertiary/aromatic N) is 5. The van der Waals surface area contributed by atoms with E-state index < -0.39 is 6.36 Å². The molecule has 0 fully saturated rings. The Kier molecular flexibility index (Phi) is 7.14. The Morgan fingerprint density at radius 2 is 1.88 bits per heavy atom. The molecule has 0 saturated carbocycles. The van der Waals surface area contributed by atoms with Gasteiger partial charge in [-0.25, -0.2) is 4.68 Å². The molecular weight excluding hydrogens is 445 g/mol. The highest BCUT2D eigenvalue weighted by molar-refractivity contribution is 7.09. The van der Waals surface area contributed by atoms with Gasteiger partial charge in [0.2, 0.25) is 0 Å². The first kappa shape index (κ1) is 23.7. The molecule has 2 heterocycles. The van der Waals surface area contributed by atoms with Crippen molar-refractivity contribution in [1.82, 2.24) is 29.6 Å². The zero-order valence-corrected chi connectivity index (χ0v) is 18.8. The minimum absolute atomic E-state index is 0.285. The third-order valence-corrected chi connectivity index (χ3v) is 5.37. The minimum atomic E-state index is -4.78. The van der Waals surface area contributed by atoms with Crippen molar-refractivity contribution in [3.63, 3.8) is 0 Å². The molecule has 0 unspecified atom stereocenters. The maximum Gasteiger partial charge on any atom is 0.573 e. The molecule has 1 N–H and O–H groups in total. The Labute approximate surface area is 187 Å². The molecule has 0 aliphatic heterocycles. The van der Waals surface area contributed by atoms with Crippen LogP contribution in [0.25, 0.3) is 16.3 Å². The van der Waals surface area contributed by atoms with Crippen LogP contribution in [0.4, 0.5) is 13.2 Å². The van der Waals surface area contributed by atoms with Crippen molar-refractivity contribution >= 4 is 17.4 Å². The van der Waals surface area contributed by atoms with Gasteiger partial charge in [-0.3, -0.25) is 4.79 Å². The number of carbonyl (C=O) groups excluding carboxylic acids is 1. The van der Waals surface area contributed by atoms with Crippen molar-refractivity contribution in [2.45, 2.75) is 26.6 Å². The number of hydrogen-bond donors (Lipinski definition) is 1. The van der Waals surface area contributed by atoms with Crippen LogP contribution in [0, 0.1) is 13.8 Å². The minimum Gasteiger partial charge on any atom is -0.406 e. The molecule has 2 aromatic heterocycles. The second-order valence-corrected chi connectivity index (χ2v) is 8.12. The number of hydrogen-bond acceptors (Lipinski definition) is 7. The number of benzene rings is 1. The van der Waals surface area contributed by atoms with Gasteiger partial charge in [0.15, 0.2) is 0 Å². The van der Waals surface area contributed by atoms with E-state index in [0.717, 1.165) is 24.5 Å². The van der Waals surface area contributed by atoms with Crippen LogP contribution in [0.15, 0.2) is 24.3 Å². The van der Waals surface area contributed by atoms with Gasteiger partial charge in [-0.1, -0.05) is 4.49 Å². The molecule has 172 valence electrons. The van der Waals surface area contributed by atoms with Crippen LogP contribution in [-0.2, 0) is 0 Å². The smallest absolute Gasteiger partial charge is 0.406 e. The van der Waals surface area contributed by atoms with Crippen molar-refractivity contribution in [3.8, 4) is 22.0 Å². The fraction of sp³-hybridized carbons (Fsp3) is 0.400. The summed E-state index contributed by atoms with van der Waals surface area (Å²) in [7, 11) is 3.91. The molecule has 0 spiro atoms. The molecule has 8 nitrogen and oxygen atoms in total. The maximum absolute atomic E-state index is 13.0. The predicted octanol–water partition coefficient (Wildman–Crippen LogP) is 3.59. The third kappa shape index (κ3) is 5.62. The second kappa shape index (κ2) is 9.65. The van der Waals surface area contributed by atoms with Gasteiger partial charge >= 0.3 is 6.36 Å². The van der Waals surface area contributed by atoms with Crippen LogP contribution in [0.5, 0.6) is 5.75 Å². The van der Waals surface area contributed by atoms with Crippen LogP contribution in [0.1, 0.15) is 28.2 Å². The molecule has 1 amide bonds. The maximum atomic E-state index is 13.0. The van der Waals surface area contributed by atoms with E-state index in [2.05, 4.69) is 24.7 Å². The molecule has 32 heavy (non-hydrogen) atoms. The Balaban J connectivity index is 1.98. The Hall–Kier alpha value is -2.99. The average Bonchev–Trinajstić information content (AvgIpc) is 3.26. The first-order valence-corrected chi connectivity index (χ1v) is 10.5. The van der Waals surface area contributed by atoms with Crippen molar-refractivity contribution in [3.05, 3.63) is 41.2 Å². The molecule has 1 aromatic carbocycles. The molecule has 0 aliphatic carbocycles. The van der Waals surface area contributed by atoms with Gasteiger partial charge < -0.3 is 15.0 Å². The largest absolute Gasteiger partial charge is 0.573 e. The van der Waals surface area contributed by atoms with Gasteiger partial charge in [-0.15, -0.1) is 18.3 Å². The molecule has 0 saturated heterocycles. The summed E-state index contributed by atoms with van der Waals surface area (Å²) in [6.45, 7) is 4.80. The van der Waals surface area contributed by atoms with E-state index in [9.17, 15) is 18.0 Å². The van der Waals surface area contributed by atoms with Gasteiger partial charge in [0.05, 0.1) is 27.5 Å². The van der Waals surface area contributed by atoms with E-state index >= 15 is 0 Å². The number of ether oxygens (including phenoxy) is 1.